The summed E-state index contributed by atoms with van der Waals surface area (Å²) in [6.45, 7) is 4.11. The molecule has 1 amide bonds. The number of benzene rings is 2. The number of aryl methyl sites for hydroxylation is 1. The Bertz CT molecular complexity index is 599. The van der Waals surface area contributed by atoms with Crippen LogP contribution < -0.4 is 11.1 Å². The van der Waals surface area contributed by atoms with E-state index in [-0.39, 0.29) is 24.4 Å². The van der Waals surface area contributed by atoms with Crippen LogP contribution in [0.15, 0.2) is 54.6 Å². The Labute approximate surface area is 144 Å². The van der Waals surface area contributed by atoms with Gasteiger partial charge in [0.2, 0.25) is 5.91 Å². The highest BCUT2D eigenvalue weighted by Crippen LogP contribution is 2.14. The van der Waals surface area contributed by atoms with Gasteiger partial charge in [-0.15, -0.1) is 12.4 Å². The van der Waals surface area contributed by atoms with Crippen molar-refractivity contribution in [3.8, 4) is 0 Å². The second-order valence-electron chi connectivity index (χ2n) is 5.62. The molecule has 0 fully saturated rings. The number of halogens is 1. The highest BCUT2D eigenvalue weighted by Gasteiger charge is 2.17. The first kappa shape index (κ1) is 19.2. The quantitative estimate of drug-likeness (QED) is 0.851. The molecular formula is C19H25ClN2O. The fourth-order valence-corrected chi connectivity index (χ4v) is 2.41. The van der Waals surface area contributed by atoms with Crippen LogP contribution in [0, 0.1) is 0 Å². The minimum atomic E-state index is -0.528. The lowest BCUT2D eigenvalue weighted by Gasteiger charge is -2.18. The van der Waals surface area contributed by atoms with Crippen LogP contribution in [0.4, 0.5) is 0 Å². The van der Waals surface area contributed by atoms with E-state index in [9.17, 15) is 4.79 Å². The highest BCUT2D eigenvalue weighted by molar-refractivity contribution is 5.85. The molecule has 0 saturated heterocycles. The second kappa shape index (κ2) is 9.33. The number of carbonyl (C=O) groups is 1. The van der Waals surface area contributed by atoms with E-state index in [4.69, 9.17) is 5.73 Å². The van der Waals surface area contributed by atoms with Crippen LogP contribution in [0.5, 0.6) is 0 Å². The molecule has 0 aliphatic carbocycles. The van der Waals surface area contributed by atoms with Crippen molar-refractivity contribution in [2.75, 3.05) is 0 Å². The molecule has 3 nitrogen and oxygen atoms in total. The molecular weight excluding hydrogens is 308 g/mol. The predicted molar refractivity (Wildman–Crippen MR) is 97.7 cm³/mol. The summed E-state index contributed by atoms with van der Waals surface area (Å²) in [5.74, 6) is -0.115. The maximum atomic E-state index is 12.2. The summed E-state index contributed by atoms with van der Waals surface area (Å²) in [6, 6.07) is 17.6. The van der Waals surface area contributed by atoms with E-state index in [1.807, 2.05) is 37.3 Å². The average molecular weight is 333 g/mol. The zero-order valence-electron chi connectivity index (χ0n) is 13.7. The van der Waals surface area contributed by atoms with Gasteiger partial charge in [0.05, 0.1) is 12.1 Å². The largest absolute Gasteiger partial charge is 0.348 e. The number of rotatable bonds is 6. The number of amides is 1. The van der Waals surface area contributed by atoms with Gasteiger partial charge in [0.25, 0.3) is 0 Å². The number of nitrogens with two attached hydrogens (primary N) is 1. The molecule has 1 unspecified atom stereocenters. The van der Waals surface area contributed by atoms with Gasteiger partial charge in [0, 0.05) is 0 Å². The Morgan fingerprint density at radius 1 is 1.04 bits per heavy atom. The van der Waals surface area contributed by atoms with E-state index in [0.717, 1.165) is 17.5 Å². The van der Waals surface area contributed by atoms with Crippen LogP contribution in [0.3, 0.4) is 0 Å². The number of hydrogen-bond acceptors (Lipinski definition) is 2. The zero-order valence-corrected chi connectivity index (χ0v) is 14.5. The van der Waals surface area contributed by atoms with E-state index in [1.165, 1.54) is 5.56 Å². The molecule has 0 aromatic heterocycles. The fraction of sp³-hybridized carbons (Fsp3) is 0.316. The Balaban J connectivity index is 0.00000264. The third-order valence-electron chi connectivity index (χ3n) is 3.88. The van der Waals surface area contributed by atoms with Crippen molar-refractivity contribution in [1.82, 2.24) is 5.32 Å². The van der Waals surface area contributed by atoms with Gasteiger partial charge in [-0.2, -0.15) is 0 Å². The van der Waals surface area contributed by atoms with Crippen LogP contribution in [0.1, 0.15) is 36.6 Å². The smallest absolute Gasteiger partial charge is 0.237 e. The SMILES string of the molecule is CCc1ccc(C(C)NC(=O)[C@@H](N)Cc2ccccc2)cc1.Cl. The summed E-state index contributed by atoms with van der Waals surface area (Å²) >= 11 is 0. The van der Waals surface area contributed by atoms with Gasteiger partial charge < -0.3 is 11.1 Å². The minimum Gasteiger partial charge on any atom is -0.348 e. The Kier molecular flexibility index (Phi) is 7.79. The summed E-state index contributed by atoms with van der Waals surface area (Å²) in [4.78, 5) is 12.2. The molecule has 0 heterocycles. The second-order valence-corrected chi connectivity index (χ2v) is 5.62. The van der Waals surface area contributed by atoms with Crippen molar-refractivity contribution in [2.45, 2.75) is 38.8 Å². The van der Waals surface area contributed by atoms with Gasteiger partial charge in [-0.05, 0) is 36.5 Å². The van der Waals surface area contributed by atoms with Gasteiger partial charge in [-0.1, -0.05) is 61.5 Å². The van der Waals surface area contributed by atoms with Gasteiger partial charge >= 0.3 is 0 Å². The summed E-state index contributed by atoms with van der Waals surface area (Å²) in [7, 11) is 0. The monoisotopic (exact) mass is 332 g/mol. The third kappa shape index (κ3) is 5.70. The molecule has 4 heteroatoms. The molecule has 3 N–H and O–H groups in total. The Hall–Kier alpha value is -1.84. The van der Waals surface area contributed by atoms with E-state index in [1.54, 1.807) is 0 Å². The molecule has 0 bridgehead atoms. The van der Waals surface area contributed by atoms with Crippen LogP contribution in [-0.2, 0) is 17.6 Å². The van der Waals surface area contributed by atoms with Crippen molar-refractivity contribution in [3.63, 3.8) is 0 Å². The van der Waals surface area contributed by atoms with Gasteiger partial charge in [0.15, 0.2) is 0 Å². The number of nitrogens with one attached hydrogen (secondary N) is 1. The molecule has 2 rings (SSSR count). The lowest BCUT2D eigenvalue weighted by atomic mass is 10.0. The van der Waals surface area contributed by atoms with Crippen LogP contribution in [0.25, 0.3) is 0 Å². The van der Waals surface area contributed by atoms with Crippen molar-refractivity contribution in [2.24, 2.45) is 5.73 Å². The Morgan fingerprint density at radius 3 is 2.22 bits per heavy atom. The molecule has 2 aromatic rings. The molecule has 0 aliphatic rings. The number of hydrogen-bond donors (Lipinski definition) is 2. The molecule has 0 saturated carbocycles. The lowest BCUT2D eigenvalue weighted by Crippen LogP contribution is -2.42. The first-order valence-corrected chi connectivity index (χ1v) is 7.79. The van der Waals surface area contributed by atoms with Gasteiger partial charge in [-0.3, -0.25) is 4.79 Å². The summed E-state index contributed by atoms with van der Waals surface area (Å²) in [5.41, 5.74) is 9.47. The molecule has 0 spiro atoms. The topological polar surface area (TPSA) is 55.1 Å². The first-order chi connectivity index (χ1) is 10.6. The van der Waals surface area contributed by atoms with Gasteiger partial charge in [0.1, 0.15) is 0 Å². The van der Waals surface area contributed by atoms with Crippen LogP contribution in [-0.4, -0.2) is 11.9 Å². The standard InChI is InChI=1S/C19H24N2O.ClH/c1-3-15-9-11-17(12-10-15)14(2)21-19(22)18(20)13-16-7-5-4-6-8-16;/h4-12,14,18H,3,13,20H2,1-2H3,(H,21,22);1H/t14?,18-;/m0./s1. The van der Waals surface area contributed by atoms with E-state index in [0.29, 0.717) is 6.42 Å². The normalized spacial score (nSPS) is 12.8. The Morgan fingerprint density at radius 2 is 1.65 bits per heavy atom. The molecule has 2 aromatic carbocycles. The van der Waals surface area contributed by atoms with E-state index >= 15 is 0 Å². The average Bonchev–Trinajstić information content (AvgIpc) is 2.55. The first-order valence-electron chi connectivity index (χ1n) is 7.79. The predicted octanol–water partition coefficient (Wildman–Crippen LogP) is 3.42. The third-order valence-corrected chi connectivity index (χ3v) is 3.88. The van der Waals surface area contributed by atoms with Crippen LogP contribution >= 0.6 is 12.4 Å². The van der Waals surface area contributed by atoms with Crippen molar-refractivity contribution >= 4 is 18.3 Å². The number of carbonyl (C=O) groups excluding carboxylic acids is 1. The summed E-state index contributed by atoms with van der Waals surface area (Å²) in [5, 5.41) is 2.99. The van der Waals surface area contributed by atoms with Crippen molar-refractivity contribution < 1.29 is 4.79 Å². The van der Waals surface area contributed by atoms with Crippen molar-refractivity contribution in [1.29, 1.82) is 0 Å². The van der Waals surface area contributed by atoms with E-state index in [2.05, 4.69) is 36.5 Å². The lowest BCUT2D eigenvalue weighted by molar-refractivity contribution is -0.123. The minimum absolute atomic E-state index is 0. The summed E-state index contributed by atoms with van der Waals surface area (Å²) in [6.07, 6.45) is 1.57. The molecule has 23 heavy (non-hydrogen) atoms. The molecule has 124 valence electrons. The van der Waals surface area contributed by atoms with E-state index < -0.39 is 6.04 Å². The highest BCUT2D eigenvalue weighted by atomic mass is 35.5. The molecule has 2 atom stereocenters. The van der Waals surface area contributed by atoms with Crippen LogP contribution in [0.2, 0.25) is 0 Å². The maximum Gasteiger partial charge on any atom is 0.237 e. The fourth-order valence-electron chi connectivity index (χ4n) is 2.41. The maximum absolute atomic E-state index is 12.2. The molecule has 0 aliphatic heterocycles. The van der Waals surface area contributed by atoms with Crippen molar-refractivity contribution in [3.05, 3.63) is 71.3 Å². The zero-order chi connectivity index (χ0) is 15.9. The molecule has 0 radical (unpaired) electrons. The van der Waals surface area contributed by atoms with Gasteiger partial charge in [-0.25, -0.2) is 0 Å². The summed E-state index contributed by atoms with van der Waals surface area (Å²) < 4.78 is 0.